The average molecular weight is 265 g/mol. The van der Waals surface area contributed by atoms with E-state index in [0.29, 0.717) is 16.7 Å². The molecule has 0 aliphatic carbocycles. The van der Waals surface area contributed by atoms with Gasteiger partial charge in [0.1, 0.15) is 5.75 Å². The topological polar surface area (TPSA) is 34.2 Å². The second kappa shape index (κ2) is 5.02. The molecule has 0 saturated heterocycles. The Bertz CT molecular complexity index is 582. The highest BCUT2D eigenvalue weighted by atomic mass is 35.5. The fourth-order valence-corrected chi connectivity index (χ4v) is 2.14. The van der Waals surface area contributed by atoms with E-state index >= 15 is 0 Å². The fraction of sp³-hybridized carbons (Fsp3) is 0.357. The predicted molar refractivity (Wildman–Crippen MR) is 76.9 cm³/mol. The molecule has 0 aliphatic heterocycles. The van der Waals surface area contributed by atoms with Crippen LogP contribution in [0, 0.1) is 0 Å². The number of pyridine rings is 1. The number of halogens is 1. The molecule has 1 N–H and O–H groups in total. The lowest BCUT2D eigenvalue weighted by Gasteiger charge is -2.13. The van der Waals surface area contributed by atoms with Crippen molar-refractivity contribution in [1.82, 2.24) is 4.98 Å². The Balaban J connectivity index is 2.75. The van der Waals surface area contributed by atoms with Gasteiger partial charge in [0.2, 0.25) is 0 Å². The molecule has 18 heavy (non-hydrogen) atoms. The van der Waals surface area contributed by atoms with Crippen LogP contribution in [-0.4, -0.2) is 19.1 Å². The molecule has 0 amide bonds. The molecule has 0 spiro atoms. The number of aromatic nitrogens is 1. The van der Waals surface area contributed by atoms with Crippen LogP contribution in [0.1, 0.15) is 25.5 Å². The van der Waals surface area contributed by atoms with E-state index in [2.05, 4.69) is 30.2 Å². The van der Waals surface area contributed by atoms with Crippen LogP contribution < -0.4 is 10.1 Å². The highest BCUT2D eigenvalue weighted by Gasteiger charge is 2.11. The van der Waals surface area contributed by atoms with Crippen molar-refractivity contribution in [3.8, 4) is 5.75 Å². The van der Waals surface area contributed by atoms with E-state index in [4.69, 9.17) is 16.3 Å². The van der Waals surface area contributed by atoms with Crippen LogP contribution in [-0.2, 0) is 0 Å². The molecule has 0 aliphatic rings. The van der Waals surface area contributed by atoms with Gasteiger partial charge in [-0.25, -0.2) is 0 Å². The molecule has 0 unspecified atom stereocenters. The van der Waals surface area contributed by atoms with Crippen molar-refractivity contribution in [2.24, 2.45) is 0 Å². The van der Waals surface area contributed by atoms with Crippen molar-refractivity contribution in [2.75, 3.05) is 19.5 Å². The van der Waals surface area contributed by atoms with E-state index in [0.717, 1.165) is 22.3 Å². The zero-order valence-corrected chi connectivity index (χ0v) is 11.8. The first-order chi connectivity index (χ1) is 8.56. The van der Waals surface area contributed by atoms with Gasteiger partial charge in [-0.1, -0.05) is 25.4 Å². The summed E-state index contributed by atoms with van der Waals surface area (Å²) in [4.78, 5) is 4.64. The summed E-state index contributed by atoms with van der Waals surface area (Å²) in [5.74, 6) is 1.04. The van der Waals surface area contributed by atoms with Crippen LogP contribution in [0.25, 0.3) is 10.9 Å². The molecule has 2 aromatic rings. The number of hydrogen-bond acceptors (Lipinski definition) is 3. The summed E-state index contributed by atoms with van der Waals surface area (Å²) in [6.07, 6.45) is 0. The second-order valence-electron chi connectivity index (χ2n) is 4.50. The van der Waals surface area contributed by atoms with Gasteiger partial charge in [-0.05, 0) is 24.1 Å². The second-order valence-corrected chi connectivity index (χ2v) is 4.91. The lowest BCUT2D eigenvalue weighted by Crippen LogP contribution is -1.98. The fourth-order valence-electron chi connectivity index (χ4n) is 1.91. The molecular formula is C14H17ClN2O. The summed E-state index contributed by atoms with van der Waals surface area (Å²) < 4.78 is 5.24. The SMILES string of the molecule is CNc1cc(C(C)C)nc2cc(Cl)c(OC)cc12. The summed E-state index contributed by atoms with van der Waals surface area (Å²) in [7, 11) is 3.52. The standard InChI is InChI=1S/C14H17ClN2O/c1-8(2)11-7-12(16-3)9-5-14(18-4)10(15)6-13(9)17-11/h5-8H,1-4H3,(H,16,17). The summed E-state index contributed by atoms with van der Waals surface area (Å²) in [6, 6.07) is 5.84. The minimum atomic E-state index is 0.377. The van der Waals surface area contributed by atoms with Crippen LogP contribution in [0.4, 0.5) is 5.69 Å². The number of rotatable bonds is 3. The van der Waals surface area contributed by atoms with Crippen LogP contribution in [0.15, 0.2) is 18.2 Å². The van der Waals surface area contributed by atoms with E-state index in [1.807, 2.05) is 19.2 Å². The van der Waals surface area contributed by atoms with Gasteiger partial charge in [0, 0.05) is 23.8 Å². The quantitative estimate of drug-likeness (QED) is 0.908. The van der Waals surface area contributed by atoms with E-state index in [-0.39, 0.29) is 0 Å². The third-order valence-electron chi connectivity index (χ3n) is 2.96. The van der Waals surface area contributed by atoms with Gasteiger partial charge >= 0.3 is 0 Å². The molecule has 0 radical (unpaired) electrons. The van der Waals surface area contributed by atoms with Gasteiger partial charge in [0.05, 0.1) is 17.6 Å². The van der Waals surface area contributed by atoms with E-state index in [9.17, 15) is 0 Å². The number of fused-ring (bicyclic) bond motifs is 1. The number of nitrogens with one attached hydrogen (secondary N) is 1. The molecule has 2 rings (SSSR count). The van der Waals surface area contributed by atoms with Crippen molar-refractivity contribution in [3.63, 3.8) is 0 Å². The minimum Gasteiger partial charge on any atom is -0.495 e. The Hall–Kier alpha value is -1.48. The first kappa shape index (κ1) is 13.0. The van der Waals surface area contributed by atoms with Crippen LogP contribution in [0.5, 0.6) is 5.75 Å². The molecule has 96 valence electrons. The smallest absolute Gasteiger partial charge is 0.138 e. The van der Waals surface area contributed by atoms with Crippen molar-refractivity contribution in [2.45, 2.75) is 19.8 Å². The number of benzene rings is 1. The van der Waals surface area contributed by atoms with Crippen molar-refractivity contribution in [3.05, 3.63) is 28.9 Å². The van der Waals surface area contributed by atoms with Gasteiger partial charge in [0.25, 0.3) is 0 Å². The average Bonchev–Trinajstić information content (AvgIpc) is 2.36. The molecule has 1 heterocycles. The maximum absolute atomic E-state index is 6.15. The Morgan fingerprint density at radius 3 is 2.56 bits per heavy atom. The lowest BCUT2D eigenvalue weighted by atomic mass is 10.1. The molecule has 0 fully saturated rings. The van der Waals surface area contributed by atoms with Crippen LogP contribution >= 0.6 is 11.6 Å². The monoisotopic (exact) mass is 264 g/mol. The van der Waals surface area contributed by atoms with Crippen molar-refractivity contribution in [1.29, 1.82) is 0 Å². The number of hydrogen-bond donors (Lipinski definition) is 1. The van der Waals surface area contributed by atoms with Gasteiger partial charge in [-0.2, -0.15) is 0 Å². The summed E-state index contributed by atoms with van der Waals surface area (Å²) in [6.45, 7) is 4.25. The predicted octanol–water partition coefficient (Wildman–Crippen LogP) is 4.06. The van der Waals surface area contributed by atoms with Crippen molar-refractivity contribution >= 4 is 28.2 Å². The molecule has 3 nitrogen and oxygen atoms in total. The first-order valence-electron chi connectivity index (χ1n) is 5.92. The molecule has 4 heteroatoms. The Morgan fingerprint density at radius 1 is 1.28 bits per heavy atom. The van der Waals surface area contributed by atoms with E-state index in [1.54, 1.807) is 7.11 Å². The Kier molecular flexibility index (Phi) is 3.62. The number of anilines is 1. The number of nitrogens with zero attached hydrogens (tertiary/aromatic N) is 1. The molecule has 0 saturated carbocycles. The van der Waals surface area contributed by atoms with E-state index < -0.39 is 0 Å². The maximum atomic E-state index is 6.15. The van der Waals surface area contributed by atoms with Gasteiger partial charge in [0.15, 0.2) is 0 Å². The van der Waals surface area contributed by atoms with Gasteiger partial charge in [-0.15, -0.1) is 0 Å². The zero-order valence-electron chi connectivity index (χ0n) is 11.0. The van der Waals surface area contributed by atoms with Crippen molar-refractivity contribution < 1.29 is 4.74 Å². The maximum Gasteiger partial charge on any atom is 0.138 e. The van der Waals surface area contributed by atoms with Crippen LogP contribution in [0.2, 0.25) is 5.02 Å². The third kappa shape index (κ3) is 2.23. The summed E-state index contributed by atoms with van der Waals surface area (Å²) >= 11 is 6.15. The summed E-state index contributed by atoms with van der Waals surface area (Å²) in [5.41, 5.74) is 2.98. The van der Waals surface area contributed by atoms with Crippen LogP contribution in [0.3, 0.4) is 0 Å². The normalized spacial score (nSPS) is 11.0. The summed E-state index contributed by atoms with van der Waals surface area (Å²) in [5, 5.41) is 4.80. The number of methoxy groups -OCH3 is 1. The Labute approximate surface area is 112 Å². The van der Waals surface area contributed by atoms with Gasteiger partial charge < -0.3 is 10.1 Å². The highest BCUT2D eigenvalue weighted by Crippen LogP contribution is 2.34. The minimum absolute atomic E-state index is 0.377. The molecule has 1 aromatic carbocycles. The molecule has 0 bridgehead atoms. The van der Waals surface area contributed by atoms with E-state index in [1.165, 1.54) is 0 Å². The Morgan fingerprint density at radius 2 is 2.00 bits per heavy atom. The largest absolute Gasteiger partial charge is 0.495 e. The first-order valence-corrected chi connectivity index (χ1v) is 6.30. The van der Waals surface area contributed by atoms with Gasteiger partial charge in [-0.3, -0.25) is 4.98 Å². The molecular weight excluding hydrogens is 248 g/mol. The number of ether oxygens (including phenoxy) is 1. The highest BCUT2D eigenvalue weighted by molar-refractivity contribution is 6.32. The zero-order chi connectivity index (χ0) is 13.3. The molecule has 0 atom stereocenters. The molecule has 1 aromatic heterocycles. The lowest BCUT2D eigenvalue weighted by molar-refractivity contribution is 0.415. The third-order valence-corrected chi connectivity index (χ3v) is 3.26.